The van der Waals surface area contributed by atoms with Gasteiger partial charge in [-0.2, -0.15) is 0 Å². The molecule has 8 nitrogen and oxygen atoms in total. The molecule has 224 valence electrons. The molecule has 0 aliphatic carbocycles. The molecule has 0 amide bonds. The molecule has 11 heteroatoms. The third-order valence-electron chi connectivity index (χ3n) is 5.58. The van der Waals surface area contributed by atoms with Crippen molar-refractivity contribution < 1.29 is 95.7 Å². The van der Waals surface area contributed by atoms with E-state index in [0.29, 0.717) is 26.1 Å². The van der Waals surface area contributed by atoms with Crippen LogP contribution in [0.2, 0.25) is 0 Å². The van der Waals surface area contributed by atoms with Gasteiger partial charge >= 0.3 is 71.1 Å². The van der Waals surface area contributed by atoms with Crippen LogP contribution < -0.4 is 59.1 Å². The van der Waals surface area contributed by atoms with Gasteiger partial charge in [0.1, 0.15) is 0 Å². The first-order valence-corrected chi connectivity index (χ1v) is 15.9. The molecule has 0 aromatic rings. The second-order valence-electron chi connectivity index (χ2n) is 9.18. The summed E-state index contributed by atoms with van der Waals surface area (Å²) in [5, 5.41) is 0. The van der Waals surface area contributed by atoms with Crippen LogP contribution in [0.1, 0.15) is 156 Å². The molecule has 0 radical (unpaired) electrons. The zero-order valence-corrected chi connectivity index (χ0v) is 31.0. The summed E-state index contributed by atoms with van der Waals surface area (Å²) in [5.41, 5.74) is 0. The van der Waals surface area contributed by atoms with E-state index < -0.39 is 10.4 Å². The number of unbranched alkanes of at least 4 members (excludes halogenated alkanes) is 16. The summed E-state index contributed by atoms with van der Waals surface area (Å²) in [6.07, 6.45) is 24.4. The molecular weight excluding hydrogens is 542 g/mol. The van der Waals surface area contributed by atoms with Crippen molar-refractivity contribution in [2.75, 3.05) is 13.2 Å². The Morgan fingerprint density at radius 2 is 0.692 bits per heavy atom. The fraction of sp³-hybridized carbons (Fsp3) is 0.929. The number of ether oxygens (including phenoxy) is 2. The molecule has 0 rings (SSSR count). The molecule has 0 aliphatic rings. The minimum absolute atomic E-state index is 0. The van der Waals surface area contributed by atoms with Crippen molar-refractivity contribution in [2.24, 2.45) is 0 Å². The first-order valence-electron chi connectivity index (χ1n) is 14.6. The molecule has 0 spiro atoms. The third-order valence-corrected chi connectivity index (χ3v) is 5.58. The number of rotatable bonds is 22. The van der Waals surface area contributed by atoms with Crippen LogP contribution in [0, 0.1) is 0 Å². The summed E-state index contributed by atoms with van der Waals surface area (Å²) in [7, 11) is -5.17. The average molecular weight is 599 g/mol. The standard InChI is InChI=1S/2C14H28O2.2Na.H2O4S/c2*1-3-5-6-7-8-9-10-11-12-13-14(15)16-4-2;;;1-5(2,3)4/h2*3-13H2,1-2H3;;;(H2,1,2,3,4)/q;;2*+1;/p-2. The molecule has 39 heavy (non-hydrogen) atoms. The molecule has 0 aliphatic heterocycles. The minimum Gasteiger partial charge on any atom is -0.759 e. The van der Waals surface area contributed by atoms with E-state index in [1.165, 1.54) is 103 Å². The topological polar surface area (TPSA) is 133 Å². The van der Waals surface area contributed by atoms with Gasteiger partial charge in [0, 0.05) is 23.2 Å². The van der Waals surface area contributed by atoms with Crippen molar-refractivity contribution in [2.45, 2.75) is 156 Å². The number of carbonyl (C=O) groups is 2. The van der Waals surface area contributed by atoms with Crippen LogP contribution in [-0.2, 0) is 29.5 Å². The first-order chi connectivity index (χ1) is 17.6. The van der Waals surface area contributed by atoms with Crippen molar-refractivity contribution in [1.82, 2.24) is 0 Å². The van der Waals surface area contributed by atoms with E-state index in [1.807, 2.05) is 13.8 Å². The molecule has 0 fully saturated rings. The van der Waals surface area contributed by atoms with Crippen LogP contribution in [-0.4, -0.2) is 42.7 Å². The number of hydrogen-bond acceptors (Lipinski definition) is 8. The maximum atomic E-state index is 11.0. The van der Waals surface area contributed by atoms with Crippen LogP contribution >= 0.6 is 0 Å². The largest absolute Gasteiger partial charge is 1.00 e. The predicted molar refractivity (Wildman–Crippen MR) is 147 cm³/mol. The Hall–Kier alpha value is 0.810. The number of carbonyl (C=O) groups excluding carboxylic acids is 2. The molecule has 0 saturated heterocycles. The Balaban J connectivity index is -0.000000161. The Morgan fingerprint density at radius 3 is 0.897 bits per heavy atom. The van der Waals surface area contributed by atoms with Gasteiger partial charge in [-0.15, -0.1) is 0 Å². The van der Waals surface area contributed by atoms with Gasteiger partial charge in [0.15, 0.2) is 0 Å². The van der Waals surface area contributed by atoms with Gasteiger partial charge in [-0.3, -0.25) is 18.0 Å². The summed E-state index contributed by atoms with van der Waals surface area (Å²) in [6.45, 7) is 9.22. The van der Waals surface area contributed by atoms with E-state index in [1.54, 1.807) is 0 Å². The molecule has 0 atom stereocenters. The fourth-order valence-electron chi connectivity index (χ4n) is 3.63. The average Bonchev–Trinajstić information content (AvgIpc) is 2.82. The van der Waals surface area contributed by atoms with E-state index in [-0.39, 0.29) is 71.1 Å². The monoisotopic (exact) mass is 598 g/mol. The normalized spacial score (nSPS) is 10.0. The second kappa shape index (κ2) is 40.9. The minimum atomic E-state index is -5.17. The van der Waals surface area contributed by atoms with Crippen molar-refractivity contribution >= 4 is 22.3 Å². The second-order valence-corrected chi connectivity index (χ2v) is 9.99. The van der Waals surface area contributed by atoms with Crippen LogP contribution in [0.5, 0.6) is 0 Å². The van der Waals surface area contributed by atoms with Gasteiger partial charge in [-0.05, 0) is 26.7 Å². The summed E-state index contributed by atoms with van der Waals surface area (Å²) < 4.78 is 43.8. The third kappa shape index (κ3) is 63.4. The van der Waals surface area contributed by atoms with E-state index in [4.69, 9.17) is 27.0 Å². The van der Waals surface area contributed by atoms with Crippen molar-refractivity contribution in [3.63, 3.8) is 0 Å². The smallest absolute Gasteiger partial charge is 0.759 e. The summed E-state index contributed by atoms with van der Waals surface area (Å²) in [6, 6.07) is 0. The SMILES string of the molecule is CCCCCCCCCCCC(=O)OCC.CCCCCCCCCCCC(=O)OCC.O=S(=O)([O-])[O-].[Na+].[Na+]. The Kier molecular flexibility index (Phi) is 52.0. The van der Waals surface area contributed by atoms with E-state index >= 15 is 0 Å². The van der Waals surface area contributed by atoms with Gasteiger partial charge in [0.05, 0.1) is 13.2 Å². The van der Waals surface area contributed by atoms with E-state index in [9.17, 15) is 9.59 Å². The molecule has 0 aromatic carbocycles. The number of esters is 2. The Bertz CT molecular complexity index is 546. The van der Waals surface area contributed by atoms with Crippen LogP contribution in [0.4, 0.5) is 0 Å². The van der Waals surface area contributed by atoms with Gasteiger partial charge in [-0.1, -0.05) is 117 Å². The predicted octanol–water partition coefficient (Wildman–Crippen LogP) is 1.61. The quantitative estimate of drug-likeness (QED) is 0.0604. The van der Waals surface area contributed by atoms with E-state index in [2.05, 4.69) is 13.8 Å². The summed E-state index contributed by atoms with van der Waals surface area (Å²) >= 11 is 0. The fourth-order valence-corrected chi connectivity index (χ4v) is 3.63. The molecule has 0 heterocycles. The molecule has 0 unspecified atom stereocenters. The summed E-state index contributed by atoms with van der Waals surface area (Å²) in [5.74, 6) is -0.0732. The van der Waals surface area contributed by atoms with Gasteiger partial charge < -0.3 is 18.6 Å². The molecule has 0 bridgehead atoms. The van der Waals surface area contributed by atoms with Gasteiger partial charge in [0.25, 0.3) is 0 Å². The van der Waals surface area contributed by atoms with Gasteiger partial charge in [0.2, 0.25) is 0 Å². The first kappa shape index (κ1) is 49.5. The zero-order chi connectivity index (χ0) is 28.6. The molecule has 0 saturated carbocycles. The maximum Gasteiger partial charge on any atom is 1.00 e. The van der Waals surface area contributed by atoms with E-state index in [0.717, 1.165) is 12.8 Å². The molecular formula is C28H56Na2O8S. The van der Waals surface area contributed by atoms with Crippen LogP contribution in [0.15, 0.2) is 0 Å². The summed E-state index contributed by atoms with van der Waals surface area (Å²) in [4.78, 5) is 22.1. The Morgan fingerprint density at radius 1 is 0.487 bits per heavy atom. The van der Waals surface area contributed by atoms with Crippen LogP contribution in [0.25, 0.3) is 0 Å². The van der Waals surface area contributed by atoms with Crippen LogP contribution in [0.3, 0.4) is 0 Å². The van der Waals surface area contributed by atoms with Crippen molar-refractivity contribution in [3.05, 3.63) is 0 Å². The van der Waals surface area contributed by atoms with Gasteiger partial charge in [-0.25, -0.2) is 0 Å². The molecule has 0 N–H and O–H groups in total. The zero-order valence-electron chi connectivity index (χ0n) is 26.2. The Labute approximate surface area is 285 Å². The van der Waals surface area contributed by atoms with Crippen molar-refractivity contribution in [1.29, 1.82) is 0 Å². The van der Waals surface area contributed by atoms with Crippen molar-refractivity contribution in [3.8, 4) is 0 Å². The maximum absolute atomic E-state index is 11.0. The molecule has 0 aromatic heterocycles. The number of hydrogen-bond donors (Lipinski definition) is 0.